The first-order valence-corrected chi connectivity index (χ1v) is 9.80. The maximum Gasteiger partial charge on any atom is 0.225 e. The van der Waals surface area contributed by atoms with Crippen LogP contribution in [0.15, 0.2) is 0 Å². The van der Waals surface area contributed by atoms with Crippen molar-refractivity contribution in [2.45, 2.75) is 38.1 Å². The summed E-state index contributed by atoms with van der Waals surface area (Å²) in [4.78, 5) is 17.0. The Hall–Kier alpha value is -0.260. The van der Waals surface area contributed by atoms with Crippen molar-refractivity contribution in [1.29, 1.82) is 0 Å². The molecule has 3 aliphatic rings. The molecule has 3 fully saturated rings. The molecule has 2 heterocycles. The first kappa shape index (κ1) is 15.6. The third-order valence-corrected chi connectivity index (χ3v) is 6.34. The van der Waals surface area contributed by atoms with E-state index in [-0.39, 0.29) is 0 Å². The molecular weight excluding hydrogens is 282 g/mol. The van der Waals surface area contributed by atoms with E-state index in [1.54, 1.807) is 0 Å². The summed E-state index contributed by atoms with van der Waals surface area (Å²) in [5.41, 5.74) is 0. The number of carbonyl (C=O) groups excluding carboxylic acids is 1. The standard InChI is InChI=1S/C16H29N3OS/c20-16(14-3-1-2-4-14)19-10-8-18(9-11-19)7-6-17-15-5-12-21-13-15/h14-15,17H,1-13H2/t15-/m0/s1. The normalized spacial score (nSPS) is 28.4. The van der Waals surface area contributed by atoms with Gasteiger partial charge in [-0.1, -0.05) is 12.8 Å². The average molecular weight is 311 g/mol. The van der Waals surface area contributed by atoms with Crippen LogP contribution in [0.5, 0.6) is 0 Å². The fourth-order valence-electron chi connectivity index (χ4n) is 3.75. The number of amides is 1. The zero-order valence-corrected chi connectivity index (χ0v) is 13.9. The lowest BCUT2D eigenvalue weighted by molar-refractivity contribution is -0.137. The fourth-order valence-corrected chi connectivity index (χ4v) is 4.93. The fraction of sp³-hybridized carbons (Fsp3) is 0.938. The van der Waals surface area contributed by atoms with E-state index >= 15 is 0 Å². The Morgan fingerprint density at radius 3 is 2.52 bits per heavy atom. The van der Waals surface area contributed by atoms with Crippen molar-refractivity contribution < 1.29 is 4.79 Å². The Labute approximate surface area is 133 Å². The highest BCUT2D eigenvalue weighted by Crippen LogP contribution is 2.26. The predicted molar refractivity (Wildman–Crippen MR) is 88.7 cm³/mol. The molecule has 1 aliphatic carbocycles. The Morgan fingerprint density at radius 2 is 1.86 bits per heavy atom. The summed E-state index contributed by atoms with van der Waals surface area (Å²) in [5.74, 6) is 3.38. The van der Waals surface area contributed by atoms with Crippen molar-refractivity contribution >= 4 is 17.7 Å². The molecule has 0 bridgehead atoms. The summed E-state index contributed by atoms with van der Waals surface area (Å²) in [7, 11) is 0. The molecule has 1 N–H and O–H groups in total. The highest BCUT2D eigenvalue weighted by Gasteiger charge is 2.29. The van der Waals surface area contributed by atoms with Crippen molar-refractivity contribution in [3.8, 4) is 0 Å². The summed E-state index contributed by atoms with van der Waals surface area (Å²) < 4.78 is 0. The molecule has 2 aliphatic heterocycles. The second kappa shape index (κ2) is 7.84. The van der Waals surface area contributed by atoms with Crippen molar-refractivity contribution in [2.75, 3.05) is 50.8 Å². The van der Waals surface area contributed by atoms with Gasteiger partial charge < -0.3 is 10.2 Å². The molecular formula is C16H29N3OS. The van der Waals surface area contributed by atoms with Crippen molar-refractivity contribution in [3.05, 3.63) is 0 Å². The number of hydrogen-bond acceptors (Lipinski definition) is 4. The Kier molecular flexibility index (Phi) is 5.83. The van der Waals surface area contributed by atoms with Gasteiger partial charge in [0.1, 0.15) is 0 Å². The van der Waals surface area contributed by atoms with Crippen molar-refractivity contribution in [1.82, 2.24) is 15.1 Å². The SMILES string of the molecule is O=C(C1CCCC1)N1CCN(CCN[C@H]2CCSC2)CC1. The lowest BCUT2D eigenvalue weighted by atomic mass is 10.1. The third kappa shape index (κ3) is 4.36. The van der Waals surface area contributed by atoms with E-state index in [2.05, 4.69) is 26.9 Å². The first-order chi connectivity index (χ1) is 10.3. The molecule has 120 valence electrons. The monoisotopic (exact) mass is 311 g/mol. The van der Waals surface area contributed by atoms with Gasteiger partial charge in [0.25, 0.3) is 0 Å². The molecule has 2 saturated heterocycles. The van der Waals surface area contributed by atoms with Crippen LogP contribution >= 0.6 is 11.8 Å². The smallest absolute Gasteiger partial charge is 0.225 e. The second-order valence-corrected chi connectivity index (χ2v) is 7.81. The molecule has 0 unspecified atom stereocenters. The summed E-state index contributed by atoms with van der Waals surface area (Å²) in [6, 6.07) is 0.736. The van der Waals surface area contributed by atoms with Gasteiger partial charge in [0.05, 0.1) is 0 Å². The number of carbonyl (C=O) groups is 1. The van der Waals surface area contributed by atoms with Crippen LogP contribution in [0.3, 0.4) is 0 Å². The third-order valence-electron chi connectivity index (χ3n) is 5.18. The number of nitrogens with zero attached hydrogens (tertiary/aromatic N) is 2. The van der Waals surface area contributed by atoms with Crippen LogP contribution in [0.1, 0.15) is 32.1 Å². The lowest BCUT2D eigenvalue weighted by Gasteiger charge is -2.36. The van der Waals surface area contributed by atoms with Crippen LogP contribution in [0.25, 0.3) is 0 Å². The van der Waals surface area contributed by atoms with E-state index in [0.717, 1.165) is 58.2 Å². The molecule has 0 aromatic rings. The molecule has 4 nitrogen and oxygen atoms in total. The van der Waals surface area contributed by atoms with Crippen LogP contribution in [0.2, 0.25) is 0 Å². The van der Waals surface area contributed by atoms with Crippen LogP contribution in [0, 0.1) is 5.92 Å². The second-order valence-electron chi connectivity index (χ2n) is 6.66. The minimum absolute atomic E-state index is 0.345. The van der Waals surface area contributed by atoms with Crippen molar-refractivity contribution in [2.24, 2.45) is 5.92 Å². The molecule has 5 heteroatoms. The maximum absolute atomic E-state index is 12.4. The van der Waals surface area contributed by atoms with E-state index < -0.39 is 0 Å². The summed E-state index contributed by atoms with van der Waals surface area (Å²) >= 11 is 2.06. The van der Waals surface area contributed by atoms with Gasteiger partial charge in [0.2, 0.25) is 5.91 Å². The number of piperazine rings is 1. The zero-order valence-electron chi connectivity index (χ0n) is 13.1. The Morgan fingerprint density at radius 1 is 1.10 bits per heavy atom. The summed E-state index contributed by atoms with van der Waals surface area (Å²) in [6.07, 6.45) is 6.09. The minimum Gasteiger partial charge on any atom is -0.340 e. The maximum atomic E-state index is 12.4. The number of nitrogens with one attached hydrogen (secondary N) is 1. The molecule has 1 atom stereocenters. The van der Waals surface area contributed by atoms with Gasteiger partial charge in [-0.3, -0.25) is 9.69 Å². The molecule has 3 rings (SSSR count). The van der Waals surface area contributed by atoms with Gasteiger partial charge in [-0.05, 0) is 25.0 Å². The van der Waals surface area contributed by atoms with Crippen LogP contribution in [0.4, 0.5) is 0 Å². The minimum atomic E-state index is 0.345. The summed E-state index contributed by atoms with van der Waals surface area (Å²) in [6.45, 7) is 6.22. The molecule has 21 heavy (non-hydrogen) atoms. The highest BCUT2D eigenvalue weighted by molar-refractivity contribution is 7.99. The summed E-state index contributed by atoms with van der Waals surface area (Å²) in [5, 5.41) is 3.66. The van der Waals surface area contributed by atoms with Gasteiger partial charge in [-0.25, -0.2) is 0 Å². The Balaban J connectivity index is 1.31. The van der Waals surface area contributed by atoms with Crippen LogP contribution < -0.4 is 5.32 Å². The van der Waals surface area contributed by atoms with E-state index in [9.17, 15) is 4.79 Å². The predicted octanol–water partition coefficient (Wildman–Crippen LogP) is 1.42. The first-order valence-electron chi connectivity index (χ1n) is 8.65. The van der Waals surface area contributed by atoms with Gasteiger partial charge >= 0.3 is 0 Å². The highest BCUT2D eigenvalue weighted by atomic mass is 32.2. The van der Waals surface area contributed by atoms with Crippen molar-refractivity contribution in [3.63, 3.8) is 0 Å². The number of hydrogen-bond donors (Lipinski definition) is 1. The van der Waals surface area contributed by atoms with E-state index in [1.807, 2.05) is 0 Å². The molecule has 1 saturated carbocycles. The Bertz CT molecular complexity index is 332. The van der Waals surface area contributed by atoms with Gasteiger partial charge in [0.15, 0.2) is 0 Å². The molecule has 0 spiro atoms. The lowest BCUT2D eigenvalue weighted by Crippen LogP contribution is -2.51. The van der Waals surface area contributed by atoms with Gasteiger partial charge in [-0.15, -0.1) is 0 Å². The van der Waals surface area contributed by atoms with Gasteiger partial charge in [0, 0.05) is 57.0 Å². The van der Waals surface area contributed by atoms with E-state index in [4.69, 9.17) is 0 Å². The molecule has 0 radical (unpaired) electrons. The molecule has 1 amide bonds. The largest absolute Gasteiger partial charge is 0.340 e. The van der Waals surface area contributed by atoms with Gasteiger partial charge in [-0.2, -0.15) is 11.8 Å². The zero-order chi connectivity index (χ0) is 14.5. The van der Waals surface area contributed by atoms with Crippen LogP contribution in [-0.4, -0.2) is 72.5 Å². The van der Waals surface area contributed by atoms with E-state index in [1.165, 1.54) is 30.8 Å². The topological polar surface area (TPSA) is 35.6 Å². The average Bonchev–Trinajstić information content (AvgIpc) is 3.21. The number of rotatable bonds is 5. The quantitative estimate of drug-likeness (QED) is 0.833. The van der Waals surface area contributed by atoms with E-state index in [0.29, 0.717) is 11.8 Å². The molecule has 0 aromatic heterocycles. The van der Waals surface area contributed by atoms with Crippen LogP contribution in [-0.2, 0) is 4.79 Å². The number of thioether (sulfide) groups is 1. The molecule has 0 aromatic carbocycles.